The molecule has 1 amide bonds. The van der Waals surface area contributed by atoms with Crippen LogP contribution in [0.15, 0.2) is 42.6 Å². The zero-order valence-corrected chi connectivity index (χ0v) is 17.5. The van der Waals surface area contributed by atoms with Crippen molar-refractivity contribution in [2.45, 2.75) is 63.3 Å². The van der Waals surface area contributed by atoms with Crippen molar-refractivity contribution in [1.29, 1.82) is 0 Å². The smallest absolute Gasteiger partial charge is 0.411 e. The number of nitrogen functional groups attached to an aromatic ring is 1. The first-order chi connectivity index (χ1) is 13.8. The van der Waals surface area contributed by atoms with Gasteiger partial charge in [-0.25, -0.2) is 9.78 Å². The lowest BCUT2D eigenvalue weighted by molar-refractivity contribution is 0.0664. The summed E-state index contributed by atoms with van der Waals surface area (Å²) in [6, 6.07) is 12.3. The Morgan fingerprint density at radius 1 is 1.21 bits per heavy atom. The highest BCUT2D eigenvalue weighted by Crippen LogP contribution is 2.44. The molecule has 2 aliphatic rings. The first-order valence-corrected chi connectivity index (χ1v) is 10.5. The molecule has 1 aliphatic carbocycles. The lowest BCUT2D eigenvalue weighted by Crippen LogP contribution is -2.44. The van der Waals surface area contributed by atoms with Gasteiger partial charge in [-0.1, -0.05) is 41.9 Å². The maximum Gasteiger partial charge on any atom is 0.411 e. The van der Waals surface area contributed by atoms with Crippen molar-refractivity contribution >= 4 is 29.1 Å². The van der Waals surface area contributed by atoms with Crippen LogP contribution in [0.25, 0.3) is 0 Å². The Kier molecular flexibility index (Phi) is 5.30. The zero-order valence-electron chi connectivity index (χ0n) is 16.8. The molecular formula is C22H27ClN4O2. The Hall–Kier alpha value is -2.47. The predicted octanol–water partition coefficient (Wildman–Crippen LogP) is 5.01. The van der Waals surface area contributed by atoms with Crippen LogP contribution in [0.5, 0.6) is 0 Å². The number of nitrogens with zero attached hydrogens (tertiary/aromatic N) is 2. The van der Waals surface area contributed by atoms with E-state index in [4.69, 9.17) is 22.1 Å². The zero-order chi connectivity index (χ0) is 20.6. The van der Waals surface area contributed by atoms with Crippen LogP contribution in [0.4, 0.5) is 16.2 Å². The van der Waals surface area contributed by atoms with E-state index in [0.29, 0.717) is 10.8 Å². The van der Waals surface area contributed by atoms with Gasteiger partial charge in [0.25, 0.3) is 0 Å². The number of cyclic esters (lactones) is 1. The second-order valence-electron chi connectivity index (χ2n) is 8.44. The van der Waals surface area contributed by atoms with Gasteiger partial charge in [0.15, 0.2) is 0 Å². The lowest BCUT2D eigenvalue weighted by Gasteiger charge is -2.38. The van der Waals surface area contributed by atoms with Gasteiger partial charge in [-0.2, -0.15) is 0 Å². The molecule has 4 rings (SSSR count). The number of anilines is 2. The molecule has 6 nitrogen and oxygen atoms in total. The third-order valence-corrected chi connectivity index (χ3v) is 6.17. The van der Waals surface area contributed by atoms with E-state index in [1.165, 1.54) is 0 Å². The molecule has 2 fully saturated rings. The summed E-state index contributed by atoms with van der Waals surface area (Å²) < 4.78 is 5.77. The van der Waals surface area contributed by atoms with E-state index >= 15 is 0 Å². The molecule has 1 aromatic carbocycles. The normalized spacial score (nSPS) is 26.2. The quantitative estimate of drug-likeness (QED) is 0.687. The molecule has 1 atom stereocenters. The second-order valence-corrected chi connectivity index (χ2v) is 8.82. The third kappa shape index (κ3) is 3.99. The summed E-state index contributed by atoms with van der Waals surface area (Å²) >= 11 is 6.00. The van der Waals surface area contributed by atoms with Crippen molar-refractivity contribution in [3.63, 3.8) is 0 Å². The second kappa shape index (κ2) is 7.75. The van der Waals surface area contributed by atoms with Gasteiger partial charge in [0.1, 0.15) is 10.8 Å². The predicted molar refractivity (Wildman–Crippen MR) is 115 cm³/mol. The monoisotopic (exact) mass is 414 g/mol. The van der Waals surface area contributed by atoms with Gasteiger partial charge in [-0.3, -0.25) is 4.90 Å². The molecular weight excluding hydrogens is 388 g/mol. The maximum absolute atomic E-state index is 12.8. The van der Waals surface area contributed by atoms with E-state index in [9.17, 15) is 4.79 Å². The fourth-order valence-corrected chi connectivity index (χ4v) is 4.77. The Bertz CT molecular complexity index is 882. The number of hydrogen-bond donors (Lipinski definition) is 2. The van der Waals surface area contributed by atoms with E-state index in [1.807, 2.05) is 36.9 Å². The Balaban J connectivity index is 1.47. The van der Waals surface area contributed by atoms with Crippen LogP contribution < -0.4 is 11.1 Å². The van der Waals surface area contributed by atoms with E-state index in [1.54, 1.807) is 12.3 Å². The molecule has 7 heteroatoms. The first kappa shape index (κ1) is 19.8. The van der Waals surface area contributed by atoms with Crippen LogP contribution >= 0.6 is 11.6 Å². The number of aromatic nitrogens is 1. The summed E-state index contributed by atoms with van der Waals surface area (Å²) in [5.41, 5.74) is 7.97. The summed E-state index contributed by atoms with van der Waals surface area (Å²) in [4.78, 5) is 18.7. The number of carbonyl (C=O) groups is 1. The summed E-state index contributed by atoms with van der Waals surface area (Å²) in [5, 5.41) is 3.91. The van der Waals surface area contributed by atoms with Crippen LogP contribution in [0.2, 0.25) is 5.15 Å². The molecule has 3 N–H and O–H groups in total. The standard InChI is InChI=1S/C22H27ClN4O2/c1-22(2)20(14-6-4-3-5-7-14)27(21(28)29-22)16-10-8-15(9-11-16)26-18-12-19(23)25-13-17(18)24/h3-7,12-13,15-16,20H,8-11,24H2,1-2H3,(H,25,26)/t15-,16-,20?. The minimum atomic E-state index is -0.560. The van der Waals surface area contributed by atoms with E-state index in [2.05, 4.69) is 22.4 Å². The van der Waals surface area contributed by atoms with Crippen LogP contribution in [-0.4, -0.2) is 33.7 Å². The number of pyridine rings is 1. The Morgan fingerprint density at radius 3 is 2.59 bits per heavy atom. The number of rotatable bonds is 4. The summed E-state index contributed by atoms with van der Waals surface area (Å²) in [6.07, 6.45) is 5.05. The van der Waals surface area contributed by atoms with Crippen LogP contribution in [0, 0.1) is 0 Å². The van der Waals surface area contributed by atoms with Crippen molar-refractivity contribution in [3.8, 4) is 0 Å². The molecule has 29 heavy (non-hydrogen) atoms. The van der Waals surface area contributed by atoms with Gasteiger partial charge in [-0.15, -0.1) is 0 Å². The van der Waals surface area contributed by atoms with Crippen LogP contribution in [0.3, 0.4) is 0 Å². The Morgan fingerprint density at radius 2 is 1.90 bits per heavy atom. The molecule has 1 aromatic heterocycles. The minimum absolute atomic E-state index is 0.0830. The van der Waals surface area contributed by atoms with Gasteiger partial charge in [0.2, 0.25) is 0 Å². The number of hydrogen-bond acceptors (Lipinski definition) is 5. The van der Waals surface area contributed by atoms with Crippen LogP contribution in [-0.2, 0) is 4.74 Å². The highest BCUT2D eigenvalue weighted by molar-refractivity contribution is 6.29. The molecule has 0 spiro atoms. The number of benzene rings is 1. The van der Waals surface area contributed by atoms with Crippen molar-refractivity contribution in [3.05, 3.63) is 53.3 Å². The first-order valence-electron chi connectivity index (χ1n) is 10.1. The SMILES string of the molecule is CC1(C)OC(=O)N([C@H]2CC[C@H](Nc3cc(Cl)ncc3N)CC2)C1c1ccccc1. The number of ether oxygens (including phenoxy) is 1. The van der Waals surface area contributed by atoms with E-state index < -0.39 is 5.60 Å². The number of nitrogens with one attached hydrogen (secondary N) is 1. The van der Waals surface area contributed by atoms with Gasteiger partial charge in [0.05, 0.1) is 23.6 Å². The van der Waals surface area contributed by atoms with Gasteiger partial charge in [0, 0.05) is 18.2 Å². The topological polar surface area (TPSA) is 80.5 Å². The molecule has 1 saturated heterocycles. The highest BCUT2D eigenvalue weighted by Gasteiger charge is 2.51. The number of nitrogens with two attached hydrogens (primary N) is 1. The van der Waals surface area contributed by atoms with Gasteiger partial charge >= 0.3 is 6.09 Å². The Labute approximate surface area is 176 Å². The summed E-state index contributed by atoms with van der Waals surface area (Å²) in [5.74, 6) is 0. The summed E-state index contributed by atoms with van der Waals surface area (Å²) in [7, 11) is 0. The fraction of sp³-hybridized carbons (Fsp3) is 0.455. The molecule has 2 aromatic rings. The van der Waals surface area contributed by atoms with E-state index in [0.717, 1.165) is 36.9 Å². The van der Waals surface area contributed by atoms with Gasteiger partial charge < -0.3 is 15.8 Å². The number of halogens is 1. The number of amides is 1. The molecule has 0 bridgehead atoms. The summed E-state index contributed by atoms with van der Waals surface area (Å²) in [6.45, 7) is 3.98. The average molecular weight is 415 g/mol. The van der Waals surface area contributed by atoms with Crippen molar-refractivity contribution in [1.82, 2.24) is 9.88 Å². The maximum atomic E-state index is 12.8. The molecule has 0 radical (unpaired) electrons. The van der Waals surface area contributed by atoms with Crippen molar-refractivity contribution < 1.29 is 9.53 Å². The lowest BCUT2D eigenvalue weighted by atomic mass is 9.86. The molecule has 1 unspecified atom stereocenters. The average Bonchev–Trinajstić information content (AvgIpc) is 2.94. The molecule has 154 valence electrons. The van der Waals surface area contributed by atoms with Gasteiger partial charge in [-0.05, 0) is 45.1 Å². The fourth-order valence-electron chi connectivity index (χ4n) is 4.61. The molecule has 2 heterocycles. The van der Waals surface area contributed by atoms with E-state index in [-0.39, 0.29) is 24.2 Å². The van der Waals surface area contributed by atoms with Crippen molar-refractivity contribution in [2.24, 2.45) is 0 Å². The largest absolute Gasteiger partial charge is 0.441 e. The highest BCUT2D eigenvalue weighted by atomic mass is 35.5. The minimum Gasteiger partial charge on any atom is -0.441 e. The molecule has 1 aliphatic heterocycles. The van der Waals surface area contributed by atoms with Crippen molar-refractivity contribution in [2.75, 3.05) is 11.1 Å². The number of carbonyl (C=O) groups excluding carboxylic acids is 1. The molecule has 1 saturated carbocycles. The van der Waals surface area contributed by atoms with Crippen LogP contribution in [0.1, 0.15) is 51.1 Å². The third-order valence-electron chi connectivity index (χ3n) is 5.96.